The molecule has 2 saturated heterocycles. The molecule has 0 spiro atoms. The van der Waals surface area contributed by atoms with Crippen molar-refractivity contribution in [2.75, 3.05) is 48.5 Å². The Morgan fingerprint density at radius 2 is 2.14 bits per heavy atom. The zero-order valence-corrected chi connectivity index (χ0v) is 20.9. The molecule has 11 nitrogen and oxygen atoms in total. The summed E-state index contributed by atoms with van der Waals surface area (Å²) in [4.78, 5) is 38.5. The van der Waals surface area contributed by atoms with E-state index in [0.717, 1.165) is 30.6 Å². The van der Waals surface area contributed by atoms with Crippen molar-refractivity contribution in [1.82, 2.24) is 9.97 Å². The number of nitrogens with one attached hydrogen (secondary N) is 1. The average molecular weight is 498 g/mol. The second kappa shape index (κ2) is 9.55. The van der Waals surface area contributed by atoms with E-state index in [9.17, 15) is 9.59 Å². The van der Waals surface area contributed by atoms with Gasteiger partial charge in [-0.05, 0) is 51.3 Å². The van der Waals surface area contributed by atoms with Crippen molar-refractivity contribution >= 4 is 29.3 Å². The number of ether oxygens (including phenoxy) is 4. The largest absolute Gasteiger partial charge is 0.491 e. The van der Waals surface area contributed by atoms with E-state index in [1.54, 1.807) is 29.3 Å². The van der Waals surface area contributed by atoms with Crippen LogP contribution in [0.15, 0.2) is 24.4 Å². The third-order valence-electron chi connectivity index (χ3n) is 6.55. The van der Waals surface area contributed by atoms with E-state index >= 15 is 0 Å². The van der Waals surface area contributed by atoms with Gasteiger partial charge in [-0.3, -0.25) is 10.2 Å². The third-order valence-corrected chi connectivity index (χ3v) is 6.55. The lowest BCUT2D eigenvalue weighted by Gasteiger charge is -2.46. The second-order valence-corrected chi connectivity index (χ2v) is 9.67. The fourth-order valence-electron chi connectivity index (χ4n) is 4.99. The maximum Gasteiger partial charge on any atom is 0.356 e. The molecular formula is C25H31N5O6. The molecule has 36 heavy (non-hydrogen) atoms. The predicted octanol–water partition coefficient (Wildman–Crippen LogP) is 3.12. The van der Waals surface area contributed by atoms with Crippen LogP contribution in [0, 0.1) is 6.92 Å². The van der Waals surface area contributed by atoms with Gasteiger partial charge in [0, 0.05) is 25.4 Å². The van der Waals surface area contributed by atoms with Gasteiger partial charge in [-0.1, -0.05) is 0 Å². The molecule has 0 saturated carbocycles. The number of carbonyl (C=O) groups excluding carboxylic acids is 2. The number of piperidine rings is 1. The lowest BCUT2D eigenvalue weighted by Crippen LogP contribution is -2.56. The summed E-state index contributed by atoms with van der Waals surface area (Å²) in [5, 5.41) is 2.88. The molecule has 2 amide bonds. The Morgan fingerprint density at radius 1 is 1.31 bits per heavy atom. The van der Waals surface area contributed by atoms with Crippen LogP contribution < -0.4 is 19.9 Å². The van der Waals surface area contributed by atoms with E-state index < -0.39 is 11.8 Å². The molecule has 2 aromatic heterocycles. The Bertz CT molecular complexity index is 1170. The van der Waals surface area contributed by atoms with Crippen molar-refractivity contribution in [3.05, 3.63) is 35.7 Å². The second-order valence-electron chi connectivity index (χ2n) is 9.67. The number of aryl methyl sites for hydroxylation is 1. The number of rotatable bonds is 5. The first-order valence-corrected chi connectivity index (χ1v) is 12.1. The molecule has 0 radical (unpaired) electrons. The SMILES string of the molecule is COC(=O)c1cc(C)c2c(n1)N(C(=O)Nc1cc(OCC3COC(C)(C)O3)ccn1)[C@H]1CCCN2C1. The van der Waals surface area contributed by atoms with Crippen LogP contribution in [0.2, 0.25) is 0 Å². The Morgan fingerprint density at radius 3 is 2.89 bits per heavy atom. The molecule has 0 aliphatic carbocycles. The van der Waals surface area contributed by atoms with Gasteiger partial charge < -0.3 is 23.8 Å². The van der Waals surface area contributed by atoms with Crippen molar-refractivity contribution in [2.45, 2.75) is 51.5 Å². The number of aromatic nitrogens is 2. The number of fused-ring (bicyclic) bond motifs is 4. The molecule has 3 aliphatic heterocycles. The summed E-state index contributed by atoms with van der Waals surface area (Å²) in [7, 11) is 1.31. The van der Waals surface area contributed by atoms with Crippen LogP contribution in [0.4, 0.5) is 22.1 Å². The first-order chi connectivity index (χ1) is 17.2. The van der Waals surface area contributed by atoms with Gasteiger partial charge in [-0.2, -0.15) is 0 Å². The van der Waals surface area contributed by atoms with Crippen molar-refractivity contribution in [3.8, 4) is 5.75 Å². The van der Waals surface area contributed by atoms with Crippen LogP contribution in [0.5, 0.6) is 5.75 Å². The topological polar surface area (TPSA) is 115 Å². The molecule has 3 aliphatic rings. The summed E-state index contributed by atoms with van der Waals surface area (Å²) in [6, 6.07) is 4.65. The van der Waals surface area contributed by atoms with E-state index in [1.807, 2.05) is 20.8 Å². The van der Waals surface area contributed by atoms with Crippen molar-refractivity contribution in [1.29, 1.82) is 0 Å². The fourth-order valence-corrected chi connectivity index (χ4v) is 4.99. The van der Waals surface area contributed by atoms with Gasteiger partial charge in [0.05, 0.1) is 25.4 Å². The van der Waals surface area contributed by atoms with E-state index in [4.69, 9.17) is 18.9 Å². The summed E-state index contributed by atoms with van der Waals surface area (Å²) >= 11 is 0. The van der Waals surface area contributed by atoms with Crippen LogP contribution in [0.1, 0.15) is 42.7 Å². The number of amides is 2. The zero-order chi connectivity index (χ0) is 25.4. The smallest absolute Gasteiger partial charge is 0.356 e. The summed E-state index contributed by atoms with van der Waals surface area (Å²) in [6.07, 6.45) is 3.19. The van der Waals surface area contributed by atoms with Gasteiger partial charge in [0.15, 0.2) is 17.3 Å². The van der Waals surface area contributed by atoms with Gasteiger partial charge in [0.2, 0.25) is 0 Å². The lowest BCUT2D eigenvalue weighted by atomic mass is 9.98. The number of hydrogen-bond acceptors (Lipinski definition) is 9. The first kappa shape index (κ1) is 24.3. The van der Waals surface area contributed by atoms with Crippen LogP contribution in [-0.2, 0) is 14.2 Å². The van der Waals surface area contributed by atoms with Gasteiger partial charge in [0.1, 0.15) is 24.3 Å². The van der Waals surface area contributed by atoms with Crippen molar-refractivity contribution < 1.29 is 28.5 Å². The molecule has 1 unspecified atom stereocenters. The standard InChI is InChI=1S/C25H31N5O6/c1-15-10-19(23(31)33-4)27-22-21(15)29-9-5-6-16(12-29)30(22)24(32)28-20-11-17(7-8-26-20)34-13-18-14-35-25(2,3)36-18/h7-8,10-11,16,18H,5-6,9,12-14H2,1-4H3,(H,26,28,32)/t16-,18?/m0/s1. The molecule has 5 rings (SSSR count). The molecule has 192 valence electrons. The van der Waals surface area contributed by atoms with Crippen molar-refractivity contribution in [3.63, 3.8) is 0 Å². The summed E-state index contributed by atoms with van der Waals surface area (Å²) in [5.41, 5.74) is 1.90. The quantitative estimate of drug-likeness (QED) is 0.622. The molecular weight excluding hydrogens is 466 g/mol. The van der Waals surface area contributed by atoms with Crippen molar-refractivity contribution in [2.24, 2.45) is 0 Å². The highest BCUT2D eigenvalue weighted by molar-refractivity contribution is 6.05. The molecule has 2 fully saturated rings. The van der Waals surface area contributed by atoms with Crippen LogP contribution in [0.25, 0.3) is 0 Å². The highest BCUT2D eigenvalue weighted by Crippen LogP contribution is 2.40. The number of urea groups is 1. The lowest BCUT2D eigenvalue weighted by molar-refractivity contribution is -0.141. The number of nitrogens with zero attached hydrogens (tertiary/aromatic N) is 4. The summed E-state index contributed by atoms with van der Waals surface area (Å²) < 4.78 is 22.1. The minimum absolute atomic E-state index is 0.0756. The third kappa shape index (κ3) is 4.80. The molecule has 1 N–H and O–H groups in total. The Labute approximate surface area is 209 Å². The van der Waals surface area contributed by atoms with Gasteiger partial charge >= 0.3 is 12.0 Å². The maximum atomic E-state index is 13.6. The highest BCUT2D eigenvalue weighted by Gasteiger charge is 2.40. The number of esters is 1. The fraction of sp³-hybridized carbons (Fsp3) is 0.520. The summed E-state index contributed by atoms with van der Waals surface area (Å²) in [5.74, 6) is 0.196. The number of pyridine rings is 2. The van der Waals surface area contributed by atoms with Crippen LogP contribution >= 0.6 is 0 Å². The molecule has 2 atom stereocenters. The minimum Gasteiger partial charge on any atom is -0.491 e. The number of hydrogen-bond donors (Lipinski definition) is 1. The van der Waals surface area contributed by atoms with E-state index in [2.05, 4.69) is 20.2 Å². The monoisotopic (exact) mass is 497 g/mol. The summed E-state index contributed by atoms with van der Waals surface area (Å²) in [6.45, 7) is 8.00. The molecule has 11 heteroatoms. The Hall–Kier alpha value is -3.44. The van der Waals surface area contributed by atoms with Crippen LogP contribution in [0.3, 0.4) is 0 Å². The number of methoxy groups -OCH3 is 1. The predicted molar refractivity (Wildman–Crippen MR) is 132 cm³/mol. The minimum atomic E-state index is -0.620. The zero-order valence-electron chi connectivity index (χ0n) is 20.9. The van der Waals surface area contributed by atoms with E-state index in [1.165, 1.54) is 7.11 Å². The normalized spacial score (nSPS) is 22.1. The molecule has 2 aromatic rings. The number of anilines is 3. The van der Waals surface area contributed by atoms with Crippen LogP contribution in [-0.4, -0.2) is 73.3 Å². The highest BCUT2D eigenvalue weighted by atomic mass is 16.7. The van der Waals surface area contributed by atoms with Gasteiger partial charge in [0.25, 0.3) is 0 Å². The molecule has 5 heterocycles. The maximum absolute atomic E-state index is 13.6. The average Bonchev–Trinajstić information content (AvgIpc) is 3.20. The first-order valence-electron chi connectivity index (χ1n) is 12.1. The molecule has 2 bridgehead atoms. The Balaban J connectivity index is 1.36. The van der Waals surface area contributed by atoms with Gasteiger partial charge in [-0.15, -0.1) is 0 Å². The molecule has 0 aromatic carbocycles. The number of carbonyl (C=O) groups is 2. The van der Waals surface area contributed by atoms with E-state index in [-0.39, 0.29) is 23.9 Å². The van der Waals surface area contributed by atoms with Gasteiger partial charge in [-0.25, -0.2) is 19.6 Å². The Kier molecular flexibility index (Phi) is 6.44. The van der Waals surface area contributed by atoms with E-state index in [0.29, 0.717) is 37.1 Å².